The second-order valence-electron chi connectivity index (χ2n) is 7.84. The summed E-state index contributed by atoms with van der Waals surface area (Å²) in [5.74, 6) is 0.925. The Balaban J connectivity index is 1.39. The van der Waals surface area contributed by atoms with Crippen molar-refractivity contribution in [2.45, 2.75) is 50.9 Å². The number of benzene rings is 1. The molecule has 0 radical (unpaired) electrons. The van der Waals surface area contributed by atoms with Crippen LogP contribution in [0, 0.1) is 5.92 Å². The van der Waals surface area contributed by atoms with Gasteiger partial charge in [0, 0.05) is 38.6 Å². The summed E-state index contributed by atoms with van der Waals surface area (Å²) >= 11 is 0. The van der Waals surface area contributed by atoms with Crippen LogP contribution in [-0.4, -0.2) is 55.9 Å². The van der Waals surface area contributed by atoms with Gasteiger partial charge in [0.2, 0.25) is 5.91 Å². The monoisotopic (exact) mass is 426 g/mol. The average molecular weight is 426 g/mol. The van der Waals surface area contributed by atoms with Gasteiger partial charge in [-0.3, -0.25) is 9.79 Å². The molecule has 1 atom stereocenters. The van der Waals surface area contributed by atoms with Gasteiger partial charge in [-0.15, -0.1) is 13.2 Å². The normalized spacial score (nSPS) is 20.5. The van der Waals surface area contributed by atoms with Crippen LogP contribution in [0.25, 0.3) is 0 Å². The minimum absolute atomic E-state index is 0.167. The molecular weight excluding hydrogens is 397 g/mol. The van der Waals surface area contributed by atoms with Gasteiger partial charge >= 0.3 is 6.36 Å². The molecule has 6 nitrogen and oxygen atoms in total. The van der Waals surface area contributed by atoms with Crippen molar-refractivity contribution in [3.63, 3.8) is 0 Å². The SMILES string of the molecule is CN=C(NCCc1ccc(OC(F)(F)F)cc1)NC1CCN(C(=O)C2CCCC2)C1. The third-order valence-corrected chi connectivity index (χ3v) is 5.63. The summed E-state index contributed by atoms with van der Waals surface area (Å²) in [5.41, 5.74) is 0.890. The predicted molar refractivity (Wildman–Crippen MR) is 108 cm³/mol. The number of alkyl halides is 3. The number of carbonyl (C=O) groups is 1. The Labute approximate surface area is 174 Å². The van der Waals surface area contributed by atoms with Gasteiger partial charge in [0.05, 0.1) is 0 Å². The largest absolute Gasteiger partial charge is 0.573 e. The number of ether oxygens (including phenoxy) is 1. The molecule has 1 amide bonds. The molecule has 0 bridgehead atoms. The van der Waals surface area contributed by atoms with E-state index >= 15 is 0 Å². The second kappa shape index (κ2) is 10.0. The summed E-state index contributed by atoms with van der Waals surface area (Å²) in [5, 5.41) is 6.58. The van der Waals surface area contributed by atoms with E-state index in [1.807, 2.05) is 4.90 Å². The molecule has 30 heavy (non-hydrogen) atoms. The Hall–Kier alpha value is -2.45. The van der Waals surface area contributed by atoms with E-state index in [9.17, 15) is 18.0 Å². The number of aliphatic imine (C=N–C) groups is 1. The molecule has 1 aromatic rings. The van der Waals surface area contributed by atoms with E-state index in [1.165, 1.54) is 12.1 Å². The third-order valence-electron chi connectivity index (χ3n) is 5.63. The molecule has 2 fully saturated rings. The zero-order valence-electron chi connectivity index (χ0n) is 17.2. The van der Waals surface area contributed by atoms with Crippen LogP contribution in [-0.2, 0) is 11.2 Å². The minimum atomic E-state index is -4.68. The zero-order chi connectivity index (χ0) is 21.6. The molecule has 9 heteroatoms. The van der Waals surface area contributed by atoms with Gasteiger partial charge < -0.3 is 20.3 Å². The molecular formula is C21H29F3N4O2. The standard InChI is InChI=1S/C21H29F3N4O2/c1-25-20(26-12-10-15-6-8-18(9-7-15)30-21(22,23)24)27-17-11-13-28(14-17)19(29)16-4-2-3-5-16/h6-9,16-17H,2-5,10-14H2,1H3,(H2,25,26,27). The lowest BCUT2D eigenvalue weighted by molar-refractivity contribution is -0.274. The van der Waals surface area contributed by atoms with E-state index in [4.69, 9.17) is 0 Å². The van der Waals surface area contributed by atoms with Crippen LogP contribution >= 0.6 is 0 Å². The maximum absolute atomic E-state index is 12.6. The number of amides is 1. The Morgan fingerprint density at radius 3 is 2.53 bits per heavy atom. The highest BCUT2D eigenvalue weighted by molar-refractivity contribution is 5.81. The minimum Gasteiger partial charge on any atom is -0.406 e. The van der Waals surface area contributed by atoms with Gasteiger partial charge in [0.25, 0.3) is 0 Å². The van der Waals surface area contributed by atoms with E-state index in [2.05, 4.69) is 20.4 Å². The number of likely N-dealkylation sites (tertiary alicyclic amines) is 1. The van der Waals surface area contributed by atoms with Crippen molar-refractivity contribution in [3.05, 3.63) is 29.8 Å². The first-order valence-electron chi connectivity index (χ1n) is 10.4. The Bertz CT molecular complexity index is 731. The van der Waals surface area contributed by atoms with Crippen molar-refractivity contribution in [2.75, 3.05) is 26.7 Å². The Kier molecular flexibility index (Phi) is 7.44. The molecule has 1 aliphatic heterocycles. The van der Waals surface area contributed by atoms with Gasteiger partial charge in [0.15, 0.2) is 5.96 Å². The number of nitrogens with one attached hydrogen (secondary N) is 2. The number of hydrogen-bond acceptors (Lipinski definition) is 3. The molecule has 1 aliphatic carbocycles. The lowest BCUT2D eigenvalue weighted by Gasteiger charge is -2.21. The van der Waals surface area contributed by atoms with Gasteiger partial charge in [-0.05, 0) is 43.4 Å². The van der Waals surface area contributed by atoms with Crippen molar-refractivity contribution in [2.24, 2.45) is 10.9 Å². The van der Waals surface area contributed by atoms with Crippen LogP contribution in [0.2, 0.25) is 0 Å². The van der Waals surface area contributed by atoms with E-state index in [-0.39, 0.29) is 23.6 Å². The fraction of sp³-hybridized carbons (Fsp3) is 0.619. The number of nitrogens with zero attached hydrogens (tertiary/aromatic N) is 2. The molecule has 3 rings (SSSR count). The van der Waals surface area contributed by atoms with Crippen molar-refractivity contribution in [3.8, 4) is 5.75 Å². The molecule has 1 saturated heterocycles. The van der Waals surface area contributed by atoms with Crippen molar-refractivity contribution < 1.29 is 22.7 Å². The average Bonchev–Trinajstić information content (AvgIpc) is 3.39. The van der Waals surface area contributed by atoms with Crippen molar-refractivity contribution in [1.82, 2.24) is 15.5 Å². The molecule has 1 heterocycles. The van der Waals surface area contributed by atoms with Gasteiger partial charge in [-0.25, -0.2) is 0 Å². The van der Waals surface area contributed by atoms with E-state index < -0.39 is 6.36 Å². The first-order chi connectivity index (χ1) is 14.3. The van der Waals surface area contributed by atoms with Crippen LogP contribution in [0.1, 0.15) is 37.7 Å². The van der Waals surface area contributed by atoms with Crippen molar-refractivity contribution >= 4 is 11.9 Å². The highest BCUT2D eigenvalue weighted by atomic mass is 19.4. The number of rotatable bonds is 6. The van der Waals surface area contributed by atoms with Crippen LogP contribution < -0.4 is 15.4 Å². The van der Waals surface area contributed by atoms with Crippen molar-refractivity contribution in [1.29, 1.82) is 0 Å². The number of carbonyl (C=O) groups excluding carboxylic acids is 1. The smallest absolute Gasteiger partial charge is 0.406 e. The Morgan fingerprint density at radius 1 is 1.20 bits per heavy atom. The highest BCUT2D eigenvalue weighted by Crippen LogP contribution is 2.28. The Morgan fingerprint density at radius 2 is 1.90 bits per heavy atom. The molecule has 2 aliphatic rings. The summed E-state index contributed by atoms with van der Waals surface area (Å²) in [6, 6.07) is 6.01. The molecule has 0 aromatic heterocycles. The maximum Gasteiger partial charge on any atom is 0.573 e. The quantitative estimate of drug-likeness (QED) is 0.542. The van der Waals surface area contributed by atoms with Crippen LogP contribution in [0.3, 0.4) is 0 Å². The van der Waals surface area contributed by atoms with Gasteiger partial charge in [-0.2, -0.15) is 0 Å². The summed E-state index contributed by atoms with van der Waals surface area (Å²) in [4.78, 5) is 18.8. The first-order valence-corrected chi connectivity index (χ1v) is 10.4. The topological polar surface area (TPSA) is 66.0 Å². The number of hydrogen-bond donors (Lipinski definition) is 2. The summed E-state index contributed by atoms with van der Waals surface area (Å²) in [6.45, 7) is 2.05. The lowest BCUT2D eigenvalue weighted by atomic mass is 10.1. The van der Waals surface area contributed by atoms with Crippen LogP contribution in [0.5, 0.6) is 5.75 Å². The van der Waals surface area contributed by atoms with E-state index in [0.29, 0.717) is 25.5 Å². The zero-order valence-corrected chi connectivity index (χ0v) is 17.2. The summed E-state index contributed by atoms with van der Waals surface area (Å²) in [6.07, 6.45) is 1.17. The molecule has 0 spiro atoms. The van der Waals surface area contributed by atoms with Gasteiger partial charge in [-0.1, -0.05) is 25.0 Å². The fourth-order valence-electron chi connectivity index (χ4n) is 4.08. The maximum atomic E-state index is 12.6. The lowest BCUT2D eigenvalue weighted by Crippen LogP contribution is -2.45. The predicted octanol–water partition coefficient (Wildman–Crippen LogP) is 3.08. The molecule has 1 unspecified atom stereocenters. The second-order valence-corrected chi connectivity index (χ2v) is 7.84. The summed E-state index contributed by atoms with van der Waals surface area (Å²) < 4.78 is 40.5. The number of guanidine groups is 1. The summed E-state index contributed by atoms with van der Waals surface area (Å²) in [7, 11) is 1.69. The van der Waals surface area contributed by atoms with Crippen LogP contribution in [0.4, 0.5) is 13.2 Å². The molecule has 2 N–H and O–H groups in total. The molecule has 1 saturated carbocycles. The van der Waals surface area contributed by atoms with Crippen LogP contribution in [0.15, 0.2) is 29.3 Å². The van der Waals surface area contributed by atoms with Gasteiger partial charge in [0.1, 0.15) is 5.75 Å². The van der Waals surface area contributed by atoms with E-state index in [0.717, 1.165) is 44.2 Å². The number of halogens is 3. The fourth-order valence-corrected chi connectivity index (χ4v) is 4.08. The third kappa shape index (κ3) is 6.53. The van der Waals surface area contributed by atoms with E-state index in [1.54, 1.807) is 19.2 Å². The molecule has 1 aromatic carbocycles. The molecule has 166 valence electrons. The first kappa shape index (κ1) is 22.2. The highest BCUT2D eigenvalue weighted by Gasteiger charge is 2.32.